The number of esters is 1. The molecule has 0 atom stereocenters. The molecule has 4 heteroatoms. The standard InChI is InChI=1S/C14H16O4/c15-13(16)11-8-4-5-9-12(11)14(17)18-10-6-2-1-3-7-10/h4-5,8-10H,1-3,6-7H2,(H,15,16)/i4D,5D,8D,9D. The highest BCUT2D eigenvalue weighted by Crippen LogP contribution is 2.22. The minimum Gasteiger partial charge on any atom is -0.478 e. The van der Waals surface area contributed by atoms with Crippen molar-refractivity contribution in [3.63, 3.8) is 0 Å². The molecule has 2 rings (SSSR count). The van der Waals surface area contributed by atoms with Gasteiger partial charge in [0.15, 0.2) is 0 Å². The normalized spacial score (nSPS) is 19.3. The Bertz CT molecular complexity index is 624. The quantitative estimate of drug-likeness (QED) is 0.840. The summed E-state index contributed by atoms with van der Waals surface area (Å²) in [5.74, 6) is -2.58. The van der Waals surface area contributed by atoms with Gasteiger partial charge in [0.2, 0.25) is 0 Å². The van der Waals surface area contributed by atoms with Crippen LogP contribution in [0, 0.1) is 0 Å². The topological polar surface area (TPSA) is 63.6 Å². The van der Waals surface area contributed by atoms with Crippen molar-refractivity contribution in [3.8, 4) is 0 Å². The molecule has 0 saturated heterocycles. The van der Waals surface area contributed by atoms with E-state index >= 15 is 0 Å². The molecule has 18 heavy (non-hydrogen) atoms. The number of carbonyl (C=O) groups is 2. The zero-order valence-corrected chi connectivity index (χ0v) is 9.78. The van der Waals surface area contributed by atoms with Crippen LogP contribution in [0.1, 0.15) is 58.3 Å². The van der Waals surface area contributed by atoms with E-state index in [1.165, 1.54) is 0 Å². The average molecular weight is 252 g/mol. The zero-order chi connectivity index (χ0) is 16.4. The lowest BCUT2D eigenvalue weighted by Gasteiger charge is -2.22. The van der Waals surface area contributed by atoms with Gasteiger partial charge in [-0.05, 0) is 37.8 Å². The first-order valence-corrected chi connectivity index (χ1v) is 5.89. The largest absolute Gasteiger partial charge is 0.478 e. The number of aromatic carboxylic acids is 1. The second kappa shape index (κ2) is 5.67. The molecular weight excluding hydrogens is 232 g/mol. The fourth-order valence-corrected chi connectivity index (χ4v) is 2.02. The van der Waals surface area contributed by atoms with E-state index in [2.05, 4.69) is 0 Å². The van der Waals surface area contributed by atoms with Crippen molar-refractivity contribution in [3.05, 3.63) is 35.3 Å². The Morgan fingerprint density at radius 1 is 1.17 bits per heavy atom. The molecule has 1 saturated carbocycles. The van der Waals surface area contributed by atoms with Crippen LogP contribution >= 0.6 is 0 Å². The first kappa shape index (κ1) is 8.29. The summed E-state index contributed by atoms with van der Waals surface area (Å²) >= 11 is 0. The van der Waals surface area contributed by atoms with Gasteiger partial charge >= 0.3 is 11.9 Å². The SMILES string of the molecule is [2H]c1c([2H])c([2H])c(C(=O)OC2CCCCC2)c(C(=O)O)c1[2H]. The lowest BCUT2D eigenvalue weighted by Crippen LogP contribution is -2.22. The van der Waals surface area contributed by atoms with Crippen molar-refractivity contribution >= 4 is 11.9 Å². The number of benzene rings is 1. The molecular formula is C14H16O4. The Balaban J connectivity index is 2.44. The van der Waals surface area contributed by atoms with E-state index in [9.17, 15) is 14.7 Å². The third-order valence-corrected chi connectivity index (χ3v) is 2.93. The van der Waals surface area contributed by atoms with Gasteiger partial charge < -0.3 is 9.84 Å². The Kier molecular flexibility index (Phi) is 2.61. The van der Waals surface area contributed by atoms with E-state index in [1.807, 2.05) is 0 Å². The summed E-state index contributed by atoms with van der Waals surface area (Å²) in [5.41, 5.74) is -1.35. The number of hydrogen-bond donors (Lipinski definition) is 1. The summed E-state index contributed by atoms with van der Waals surface area (Å²) in [6.07, 6.45) is 3.91. The summed E-state index contributed by atoms with van der Waals surface area (Å²) < 4.78 is 35.7. The predicted molar refractivity (Wildman–Crippen MR) is 65.7 cm³/mol. The summed E-state index contributed by atoms with van der Waals surface area (Å²) in [7, 11) is 0. The molecule has 1 aromatic carbocycles. The predicted octanol–water partition coefficient (Wildman–Crippen LogP) is 2.87. The Labute approximate surface area is 111 Å². The Morgan fingerprint density at radius 3 is 2.39 bits per heavy atom. The van der Waals surface area contributed by atoms with E-state index < -0.39 is 47.2 Å². The summed E-state index contributed by atoms with van der Waals surface area (Å²) in [6.45, 7) is 0. The summed E-state index contributed by atoms with van der Waals surface area (Å²) in [4.78, 5) is 23.5. The fraction of sp³-hybridized carbons (Fsp3) is 0.429. The molecule has 1 aliphatic carbocycles. The second-order valence-electron chi connectivity index (χ2n) is 4.22. The van der Waals surface area contributed by atoms with E-state index in [-0.39, 0.29) is 6.10 Å². The van der Waals surface area contributed by atoms with Gasteiger partial charge in [-0.3, -0.25) is 0 Å². The van der Waals surface area contributed by atoms with Gasteiger partial charge in [-0.1, -0.05) is 18.5 Å². The lowest BCUT2D eigenvalue weighted by molar-refractivity contribution is 0.0207. The highest BCUT2D eigenvalue weighted by atomic mass is 16.5. The molecule has 1 fully saturated rings. The maximum atomic E-state index is 12.2. The van der Waals surface area contributed by atoms with Crippen LogP contribution in [0.4, 0.5) is 0 Å². The highest BCUT2D eigenvalue weighted by Gasteiger charge is 2.22. The van der Waals surface area contributed by atoms with Crippen LogP contribution in [-0.4, -0.2) is 23.1 Å². The van der Waals surface area contributed by atoms with Crippen LogP contribution in [0.3, 0.4) is 0 Å². The van der Waals surface area contributed by atoms with Gasteiger partial charge in [-0.15, -0.1) is 0 Å². The molecule has 0 heterocycles. The van der Waals surface area contributed by atoms with Crippen molar-refractivity contribution in [1.82, 2.24) is 0 Å². The molecule has 0 spiro atoms. The molecule has 0 aromatic heterocycles. The van der Waals surface area contributed by atoms with Crippen LogP contribution in [0.2, 0.25) is 0 Å². The molecule has 0 unspecified atom stereocenters. The monoisotopic (exact) mass is 252 g/mol. The minimum atomic E-state index is -1.58. The van der Waals surface area contributed by atoms with Gasteiger partial charge in [-0.25, -0.2) is 9.59 Å². The first-order valence-electron chi connectivity index (χ1n) is 7.89. The van der Waals surface area contributed by atoms with E-state index in [0.717, 1.165) is 19.3 Å². The van der Waals surface area contributed by atoms with Gasteiger partial charge in [0, 0.05) is 0 Å². The lowest BCUT2D eigenvalue weighted by atomic mass is 9.97. The third kappa shape index (κ3) is 2.88. The van der Waals surface area contributed by atoms with Crippen LogP contribution in [0.15, 0.2) is 24.2 Å². The van der Waals surface area contributed by atoms with Crippen molar-refractivity contribution in [2.75, 3.05) is 0 Å². The number of rotatable bonds is 3. The molecule has 1 aliphatic rings. The fourth-order valence-electron chi connectivity index (χ4n) is 2.02. The van der Waals surface area contributed by atoms with Gasteiger partial charge in [0.05, 0.1) is 16.6 Å². The smallest absolute Gasteiger partial charge is 0.339 e. The maximum absolute atomic E-state index is 12.2. The molecule has 96 valence electrons. The number of ether oxygens (including phenoxy) is 1. The minimum absolute atomic E-state index is 0.332. The summed E-state index contributed by atoms with van der Waals surface area (Å²) in [6, 6.07) is -2.76. The average Bonchev–Trinajstić information content (AvgIpc) is 2.49. The van der Waals surface area contributed by atoms with Crippen molar-refractivity contribution < 1.29 is 24.9 Å². The zero-order valence-electron chi connectivity index (χ0n) is 13.8. The van der Waals surface area contributed by atoms with E-state index in [4.69, 9.17) is 10.2 Å². The van der Waals surface area contributed by atoms with Gasteiger partial charge in [-0.2, -0.15) is 0 Å². The molecule has 0 aliphatic heterocycles. The number of carboxylic acids is 1. The number of hydrogen-bond acceptors (Lipinski definition) is 3. The highest BCUT2D eigenvalue weighted by molar-refractivity contribution is 6.02. The van der Waals surface area contributed by atoms with Crippen molar-refractivity contribution in [2.45, 2.75) is 38.2 Å². The van der Waals surface area contributed by atoms with E-state index in [0.29, 0.717) is 12.8 Å². The molecule has 4 nitrogen and oxygen atoms in total. The maximum Gasteiger partial charge on any atom is 0.339 e. The number of carbonyl (C=O) groups excluding carboxylic acids is 1. The van der Waals surface area contributed by atoms with Gasteiger partial charge in [0.25, 0.3) is 0 Å². The Morgan fingerprint density at radius 2 is 1.78 bits per heavy atom. The Hall–Kier alpha value is -1.84. The molecule has 1 N–H and O–H groups in total. The molecule has 0 bridgehead atoms. The molecule has 0 radical (unpaired) electrons. The number of carboxylic acid groups (broad SMARTS) is 1. The van der Waals surface area contributed by atoms with Crippen LogP contribution in [-0.2, 0) is 4.74 Å². The van der Waals surface area contributed by atoms with Crippen molar-refractivity contribution in [1.29, 1.82) is 0 Å². The van der Waals surface area contributed by atoms with Crippen LogP contribution in [0.5, 0.6) is 0 Å². The van der Waals surface area contributed by atoms with Crippen LogP contribution in [0.25, 0.3) is 0 Å². The molecule has 0 amide bonds. The molecule has 1 aromatic rings. The van der Waals surface area contributed by atoms with Crippen LogP contribution < -0.4 is 0 Å². The van der Waals surface area contributed by atoms with Gasteiger partial charge in [0.1, 0.15) is 6.10 Å². The van der Waals surface area contributed by atoms with E-state index in [1.54, 1.807) is 0 Å². The third-order valence-electron chi connectivity index (χ3n) is 2.93. The van der Waals surface area contributed by atoms with Crippen molar-refractivity contribution in [2.24, 2.45) is 0 Å². The first-order chi connectivity index (χ1) is 10.3. The second-order valence-corrected chi connectivity index (χ2v) is 4.22. The summed E-state index contributed by atoms with van der Waals surface area (Å²) in [5, 5.41) is 9.19.